The van der Waals surface area contributed by atoms with E-state index in [1.54, 1.807) is 0 Å². The van der Waals surface area contributed by atoms with E-state index in [-0.39, 0.29) is 4.70 Å². The van der Waals surface area contributed by atoms with Gasteiger partial charge in [-0.15, -0.1) is 0 Å². The minimum Gasteiger partial charge on any atom is -0.402 e. The molecule has 78 valence electrons. The molecule has 0 aromatic heterocycles. The zero-order valence-corrected chi connectivity index (χ0v) is 7.61. The maximum absolute atomic E-state index is 7.17. The molecule has 14 heavy (non-hydrogen) atoms. The molecule has 0 aliphatic rings. The third-order valence-corrected chi connectivity index (χ3v) is 0.940. The summed E-state index contributed by atoms with van der Waals surface area (Å²) in [6.45, 7) is 2.08. The van der Waals surface area contributed by atoms with Gasteiger partial charge in [-0.3, -0.25) is 4.70 Å². The summed E-state index contributed by atoms with van der Waals surface area (Å²) >= 11 is 0. The molecule has 0 unspecified atom stereocenters. The summed E-state index contributed by atoms with van der Waals surface area (Å²) in [6.07, 6.45) is 0. The number of hydrogen-bond acceptors (Lipinski definition) is 5. The number of rotatable bonds is 0. The molecule has 1 rings (SSSR count). The van der Waals surface area contributed by atoms with Crippen LogP contribution in [-0.4, -0.2) is 22.4 Å². The van der Waals surface area contributed by atoms with Crippen molar-refractivity contribution in [3.05, 3.63) is 35.9 Å². The summed E-state index contributed by atoms with van der Waals surface area (Å²) in [4.78, 5) is 0. The molecular formula is C7H12BFN2O3. The Kier molecular flexibility index (Phi) is 18.4. The van der Waals surface area contributed by atoms with Crippen LogP contribution in [0.1, 0.15) is 5.56 Å². The Morgan fingerprint density at radius 2 is 1.29 bits per heavy atom. The second kappa shape index (κ2) is 14.1. The van der Waals surface area contributed by atoms with Gasteiger partial charge in [-0.05, 0) is 6.92 Å². The molecule has 0 fully saturated rings. The second-order valence-electron chi connectivity index (χ2n) is 2.00. The minimum atomic E-state index is -2.17. The van der Waals surface area contributed by atoms with Crippen LogP contribution in [0, 0.1) is 17.7 Å². The molecule has 7 heteroatoms. The maximum atomic E-state index is 7.17. The van der Waals surface area contributed by atoms with Crippen molar-refractivity contribution in [1.82, 2.24) is 0 Å². The van der Waals surface area contributed by atoms with Crippen LogP contribution in [0.25, 0.3) is 0 Å². The van der Waals surface area contributed by atoms with Gasteiger partial charge < -0.3 is 15.1 Å². The fourth-order valence-electron chi connectivity index (χ4n) is 0.534. The highest BCUT2D eigenvalue weighted by atomic mass is 19.0. The monoisotopic (exact) mass is 202 g/mol. The first-order chi connectivity index (χ1) is 6.13. The molecule has 0 bridgehead atoms. The van der Waals surface area contributed by atoms with Gasteiger partial charge in [0.1, 0.15) is 0 Å². The lowest BCUT2D eigenvalue weighted by Gasteiger charge is -1.82. The molecule has 0 saturated carbocycles. The first-order valence-electron chi connectivity index (χ1n) is 3.39. The van der Waals surface area contributed by atoms with Crippen molar-refractivity contribution in [2.24, 2.45) is 0 Å². The van der Waals surface area contributed by atoms with E-state index in [0.29, 0.717) is 0 Å². The predicted molar refractivity (Wildman–Crippen MR) is 49.5 cm³/mol. The van der Waals surface area contributed by atoms with Crippen LogP contribution in [0.15, 0.2) is 30.3 Å². The lowest BCUT2D eigenvalue weighted by atomic mass is 10.2. The number of aryl methyl sites for hydroxylation is 1. The van der Waals surface area contributed by atoms with Crippen molar-refractivity contribution in [2.75, 3.05) is 0 Å². The van der Waals surface area contributed by atoms with Gasteiger partial charge in [0.25, 0.3) is 0 Å². The molecule has 0 amide bonds. The Labute approximate surface area is 81.6 Å². The molecule has 3 N–H and O–H groups in total. The van der Waals surface area contributed by atoms with Crippen LogP contribution < -0.4 is 0 Å². The van der Waals surface area contributed by atoms with Gasteiger partial charge in [-0.2, -0.15) is 0 Å². The van der Waals surface area contributed by atoms with E-state index < -0.39 is 7.32 Å². The Balaban J connectivity index is -0.000000152. The van der Waals surface area contributed by atoms with Gasteiger partial charge in [-0.25, -0.2) is 0 Å². The summed E-state index contributed by atoms with van der Waals surface area (Å²) in [7, 11) is -2.17. The highest BCUT2D eigenvalue weighted by Crippen LogP contribution is 1.92. The van der Waals surface area contributed by atoms with Crippen LogP contribution in [0.3, 0.4) is 0 Å². The molecule has 0 spiro atoms. The summed E-state index contributed by atoms with van der Waals surface area (Å²) in [5.74, 6) is 0. The first kappa shape index (κ1) is 18.3. The van der Waals surface area contributed by atoms with Crippen LogP contribution in [-0.2, 0) is 0 Å². The standard InChI is InChI=1S/C7H8.BH3O3.FH.N2/c1-7-5-3-2-4-6-7;2-1(3)4;;1-2/h2-6H,1H3;2-4H;1H;. The molecule has 0 heterocycles. The van der Waals surface area contributed by atoms with Crippen molar-refractivity contribution >= 4 is 7.32 Å². The van der Waals surface area contributed by atoms with Crippen molar-refractivity contribution in [2.45, 2.75) is 6.92 Å². The zero-order valence-electron chi connectivity index (χ0n) is 7.61. The Bertz CT molecular complexity index is 218. The Morgan fingerprint density at radius 3 is 1.43 bits per heavy atom. The van der Waals surface area contributed by atoms with Gasteiger partial charge in [-0.1, -0.05) is 35.9 Å². The smallest absolute Gasteiger partial charge is 0.402 e. The van der Waals surface area contributed by atoms with Gasteiger partial charge in [0.2, 0.25) is 0 Å². The van der Waals surface area contributed by atoms with Crippen LogP contribution in [0.5, 0.6) is 0 Å². The van der Waals surface area contributed by atoms with E-state index in [9.17, 15) is 0 Å². The van der Waals surface area contributed by atoms with E-state index in [1.807, 2.05) is 18.2 Å². The highest BCUT2D eigenvalue weighted by Gasteiger charge is 1.92. The van der Waals surface area contributed by atoms with Crippen LogP contribution in [0.2, 0.25) is 0 Å². The van der Waals surface area contributed by atoms with Gasteiger partial charge in [0, 0.05) is 10.8 Å². The zero-order chi connectivity index (χ0) is 10.7. The number of benzene rings is 1. The van der Waals surface area contributed by atoms with E-state index in [1.165, 1.54) is 5.56 Å². The Morgan fingerprint density at radius 1 is 1.00 bits per heavy atom. The van der Waals surface area contributed by atoms with E-state index in [2.05, 4.69) is 19.1 Å². The van der Waals surface area contributed by atoms with Gasteiger partial charge >= 0.3 is 7.32 Å². The average Bonchev–Trinajstić information content (AvgIpc) is 2.08. The predicted octanol–water partition coefficient (Wildman–Crippen LogP) is 0.126. The quantitative estimate of drug-likeness (QED) is 0.409. The largest absolute Gasteiger partial charge is 0.631 e. The van der Waals surface area contributed by atoms with E-state index >= 15 is 0 Å². The molecule has 0 radical (unpaired) electrons. The molecular weight excluding hydrogens is 190 g/mol. The first-order valence-corrected chi connectivity index (χ1v) is 3.39. The van der Waals surface area contributed by atoms with Gasteiger partial charge in [0.15, 0.2) is 0 Å². The maximum Gasteiger partial charge on any atom is 0.631 e. The van der Waals surface area contributed by atoms with Crippen molar-refractivity contribution in [1.29, 1.82) is 10.8 Å². The lowest BCUT2D eigenvalue weighted by Crippen LogP contribution is -2.07. The second-order valence-corrected chi connectivity index (χ2v) is 2.00. The van der Waals surface area contributed by atoms with Crippen molar-refractivity contribution in [3.8, 4) is 0 Å². The molecule has 1 aromatic rings. The number of hydrogen-bond donors (Lipinski definition) is 3. The topological polar surface area (TPSA) is 108 Å². The fourth-order valence-corrected chi connectivity index (χ4v) is 0.534. The number of halogens is 1. The molecule has 1 aromatic carbocycles. The van der Waals surface area contributed by atoms with E-state index in [0.717, 1.165) is 0 Å². The van der Waals surface area contributed by atoms with Crippen LogP contribution in [0.4, 0.5) is 4.70 Å². The lowest BCUT2D eigenvalue weighted by molar-refractivity contribution is 0.278. The van der Waals surface area contributed by atoms with Crippen molar-refractivity contribution in [3.63, 3.8) is 0 Å². The third-order valence-electron chi connectivity index (χ3n) is 0.940. The molecule has 0 atom stereocenters. The normalized spacial score (nSPS) is 6.43. The number of nitrogens with zero attached hydrogens (tertiary/aromatic N) is 2. The van der Waals surface area contributed by atoms with Gasteiger partial charge in [0.05, 0.1) is 0 Å². The molecule has 0 aliphatic carbocycles. The molecule has 0 saturated heterocycles. The summed E-state index contributed by atoms with van der Waals surface area (Å²) in [5, 5.41) is 33.5. The molecule has 0 aliphatic heterocycles. The SMILES string of the molecule is Cc1ccccc1.F.N#N.OB(O)O. The molecule has 5 nitrogen and oxygen atoms in total. The summed E-state index contributed by atoms with van der Waals surface area (Å²) in [5.41, 5.74) is 1.32. The highest BCUT2D eigenvalue weighted by molar-refractivity contribution is 6.30. The minimum absolute atomic E-state index is 0. The summed E-state index contributed by atoms with van der Waals surface area (Å²) < 4.78 is 0. The Hall–Kier alpha value is -1.49. The van der Waals surface area contributed by atoms with Crippen LogP contribution >= 0.6 is 0 Å². The summed E-state index contributed by atoms with van der Waals surface area (Å²) in [6, 6.07) is 10.3. The van der Waals surface area contributed by atoms with Crippen molar-refractivity contribution < 1.29 is 19.8 Å². The fraction of sp³-hybridized carbons (Fsp3) is 0.143. The van der Waals surface area contributed by atoms with E-state index in [4.69, 9.17) is 25.9 Å². The average molecular weight is 202 g/mol. The third kappa shape index (κ3) is 22.4.